The third-order valence-electron chi connectivity index (χ3n) is 6.10. The Morgan fingerprint density at radius 2 is 1.59 bits per heavy atom. The van der Waals surface area contributed by atoms with Gasteiger partial charge in [0, 0.05) is 25.1 Å². The molecule has 1 fully saturated rings. The van der Waals surface area contributed by atoms with Crippen LogP contribution in [0.4, 0.5) is 26.3 Å². The number of hydrogen-bond donors (Lipinski definition) is 4. The van der Waals surface area contributed by atoms with Gasteiger partial charge < -0.3 is 26.8 Å². The van der Waals surface area contributed by atoms with Gasteiger partial charge in [0.1, 0.15) is 11.9 Å². The van der Waals surface area contributed by atoms with E-state index in [0.29, 0.717) is 31.5 Å². The molecule has 9 nitrogen and oxygen atoms in total. The second-order valence-corrected chi connectivity index (χ2v) is 9.22. The molecule has 0 aliphatic carbocycles. The summed E-state index contributed by atoms with van der Waals surface area (Å²) in [5.41, 5.74) is 12.0. The third kappa shape index (κ3) is 10.1. The number of nitrogens with one attached hydrogen (secondary N) is 1. The number of carboxylic acid groups (broad SMARTS) is 1. The minimum absolute atomic E-state index is 0.207. The highest BCUT2D eigenvalue weighted by molar-refractivity contribution is 5.88. The summed E-state index contributed by atoms with van der Waals surface area (Å²) in [6.45, 7) is 0.320. The fourth-order valence-electron chi connectivity index (χ4n) is 4.12. The summed E-state index contributed by atoms with van der Waals surface area (Å²) in [6.07, 6.45) is -4.42. The number of halogens is 6. The van der Waals surface area contributed by atoms with Crippen LogP contribution in [0, 0.1) is 17.5 Å². The molecule has 2 aromatic carbocycles. The summed E-state index contributed by atoms with van der Waals surface area (Å²) in [4.78, 5) is 47.6. The SMILES string of the molecule is NC(=O)C1CCCN1C(=O)CC(Cc1cc(F)c(F)cc1F)NC(=O)C(N)Cc1ccccc1.O=C(O)C(F)(F)F. The van der Waals surface area contributed by atoms with Crippen LogP contribution in [0.25, 0.3) is 0 Å². The first kappa shape index (κ1) is 33.1. The first-order valence-electron chi connectivity index (χ1n) is 12.2. The molecule has 1 aliphatic heterocycles. The molecule has 3 amide bonds. The molecule has 0 saturated carbocycles. The van der Waals surface area contributed by atoms with E-state index in [1.807, 2.05) is 18.2 Å². The zero-order valence-electron chi connectivity index (χ0n) is 21.5. The number of primary amides is 1. The van der Waals surface area contributed by atoms with E-state index in [0.717, 1.165) is 5.56 Å². The highest BCUT2D eigenvalue weighted by Crippen LogP contribution is 2.21. The molecule has 0 bridgehead atoms. The van der Waals surface area contributed by atoms with Crippen molar-refractivity contribution in [2.24, 2.45) is 11.5 Å². The summed E-state index contributed by atoms with van der Waals surface area (Å²) in [6, 6.07) is 7.46. The Hall–Kier alpha value is -4.14. The second kappa shape index (κ2) is 14.5. The van der Waals surface area contributed by atoms with E-state index in [-0.39, 0.29) is 24.8 Å². The molecule has 0 aromatic heterocycles. The number of amides is 3. The van der Waals surface area contributed by atoms with Gasteiger partial charge in [-0.2, -0.15) is 13.2 Å². The van der Waals surface area contributed by atoms with Crippen LogP contribution >= 0.6 is 0 Å². The fraction of sp³-hybridized carbons (Fsp3) is 0.385. The first-order valence-corrected chi connectivity index (χ1v) is 12.2. The van der Waals surface area contributed by atoms with Gasteiger partial charge in [-0.25, -0.2) is 18.0 Å². The average molecular weight is 591 g/mol. The number of benzene rings is 2. The number of nitrogens with two attached hydrogens (primary N) is 2. The Bertz CT molecular complexity index is 1240. The van der Waals surface area contributed by atoms with Gasteiger partial charge in [-0.3, -0.25) is 14.4 Å². The second-order valence-electron chi connectivity index (χ2n) is 9.22. The van der Waals surface area contributed by atoms with E-state index < -0.39 is 65.4 Å². The number of carboxylic acids is 1. The summed E-state index contributed by atoms with van der Waals surface area (Å²) in [7, 11) is 0. The zero-order valence-corrected chi connectivity index (χ0v) is 21.5. The van der Waals surface area contributed by atoms with Gasteiger partial charge in [0.15, 0.2) is 11.6 Å². The van der Waals surface area contributed by atoms with Crippen LogP contribution < -0.4 is 16.8 Å². The molecule has 0 radical (unpaired) electrons. The standard InChI is InChI=1S/C24H27F3N4O3.C2HF3O2/c25-17-13-19(27)18(26)11-15(17)10-16(12-22(32)31-8-4-7-21(31)23(29)33)30-24(34)20(28)9-14-5-2-1-3-6-14;3-2(4,5)1(6)7/h1-3,5-6,11,13,16,20-21H,4,7-10,12,28H2,(H2,29,33)(H,30,34);(H,6,7). The number of carbonyl (C=O) groups excluding carboxylic acids is 3. The van der Waals surface area contributed by atoms with Crippen molar-refractivity contribution in [3.63, 3.8) is 0 Å². The van der Waals surface area contributed by atoms with Crippen molar-refractivity contribution in [2.75, 3.05) is 6.54 Å². The maximum absolute atomic E-state index is 14.3. The van der Waals surface area contributed by atoms with Gasteiger partial charge in [0.25, 0.3) is 0 Å². The van der Waals surface area contributed by atoms with Gasteiger partial charge in [-0.05, 0) is 42.9 Å². The van der Waals surface area contributed by atoms with Crippen molar-refractivity contribution < 1.29 is 50.6 Å². The Kier molecular flexibility index (Phi) is 11.7. The largest absolute Gasteiger partial charge is 0.490 e. The van der Waals surface area contributed by atoms with Crippen LogP contribution in [0.2, 0.25) is 0 Å². The molecule has 224 valence electrons. The lowest BCUT2D eigenvalue weighted by atomic mass is 10.00. The fourth-order valence-corrected chi connectivity index (χ4v) is 4.12. The molecule has 6 N–H and O–H groups in total. The molecule has 1 heterocycles. The maximum atomic E-state index is 14.3. The van der Waals surface area contributed by atoms with Crippen LogP contribution in [-0.4, -0.2) is 64.5 Å². The Morgan fingerprint density at radius 1 is 1.00 bits per heavy atom. The van der Waals surface area contributed by atoms with Gasteiger partial charge in [0.2, 0.25) is 17.7 Å². The lowest BCUT2D eigenvalue weighted by molar-refractivity contribution is -0.192. The van der Waals surface area contributed by atoms with E-state index >= 15 is 0 Å². The van der Waals surface area contributed by atoms with Crippen LogP contribution in [0.3, 0.4) is 0 Å². The van der Waals surface area contributed by atoms with Gasteiger partial charge in [-0.1, -0.05) is 30.3 Å². The number of aliphatic carboxylic acids is 1. The predicted molar refractivity (Wildman–Crippen MR) is 132 cm³/mol. The molecular formula is C26H28F6N4O5. The van der Waals surface area contributed by atoms with Crippen molar-refractivity contribution in [1.82, 2.24) is 10.2 Å². The quantitative estimate of drug-likeness (QED) is 0.259. The van der Waals surface area contributed by atoms with Crippen molar-refractivity contribution in [3.8, 4) is 0 Å². The number of nitrogens with zero attached hydrogens (tertiary/aromatic N) is 1. The third-order valence-corrected chi connectivity index (χ3v) is 6.10. The smallest absolute Gasteiger partial charge is 0.475 e. The van der Waals surface area contributed by atoms with E-state index in [4.69, 9.17) is 21.4 Å². The molecule has 3 rings (SSSR count). The van der Waals surface area contributed by atoms with E-state index in [1.54, 1.807) is 12.1 Å². The summed E-state index contributed by atoms with van der Waals surface area (Å²) >= 11 is 0. The number of likely N-dealkylation sites (tertiary alicyclic amines) is 1. The molecule has 0 spiro atoms. The monoisotopic (exact) mass is 590 g/mol. The number of rotatable bonds is 9. The van der Waals surface area contributed by atoms with Crippen LogP contribution in [0.15, 0.2) is 42.5 Å². The summed E-state index contributed by atoms with van der Waals surface area (Å²) in [5, 5.41) is 9.76. The van der Waals surface area contributed by atoms with E-state index in [9.17, 15) is 40.7 Å². The molecule has 3 unspecified atom stereocenters. The van der Waals surface area contributed by atoms with Gasteiger partial charge in [0.05, 0.1) is 6.04 Å². The average Bonchev–Trinajstić information content (AvgIpc) is 3.38. The Morgan fingerprint density at radius 3 is 2.15 bits per heavy atom. The molecule has 2 aromatic rings. The molecule has 1 aliphatic rings. The van der Waals surface area contributed by atoms with Crippen molar-refractivity contribution in [1.29, 1.82) is 0 Å². The minimum atomic E-state index is -5.08. The topological polar surface area (TPSA) is 156 Å². The van der Waals surface area contributed by atoms with E-state index in [1.165, 1.54) is 4.90 Å². The van der Waals surface area contributed by atoms with Crippen LogP contribution in [-0.2, 0) is 32.0 Å². The van der Waals surface area contributed by atoms with Gasteiger partial charge in [-0.15, -0.1) is 0 Å². The van der Waals surface area contributed by atoms with Crippen LogP contribution in [0.1, 0.15) is 30.4 Å². The van der Waals surface area contributed by atoms with Gasteiger partial charge >= 0.3 is 12.1 Å². The van der Waals surface area contributed by atoms with Crippen molar-refractivity contribution in [2.45, 2.75) is 56.4 Å². The molecule has 1 saturated heterocycles. The lowest BCUT2D eigenvalue weighted by Gasteiger charge is -2.26. The molecule has 3 atom stereocenters. The summed E-state index contributed by atoms with van der Waals surface area (Å²) in [5.74, 6) is -8.04. The van der Waals surface area contributed by atoms with Crippen molar-refractivity contribution in [3.05, 3.63) is 71.0 Å². The Labute approximate surface area is 230 Å². The lowest BCUT2D eigenvalue weighted by Crippen LogP contribution is -2.50. The first-order chi connectivity index (χ1) is 19.1. The molecule has 41 heavy (non-hydrogen) atoms. The number of hydrogen-bond acceptors (Lipinski definition) is 5. The summed E-state index contributed by atoms with van der Waals surface area (Å²) < 4.78 is 73.1. The highest BCUT2D eigenvalue weighted by Gasteiger charge is 2.38. The van der Waals surface area contributed by atoms with E-state index in [2.05, 4.69) is 5.32 Å². The molecular weight excluding hydrogens is 562 g/mol. The zero-order chi connectivity index (χ0) is 30.9. The predicted octanol–water partition coefficient (Wildman–Crippen LogP) is 2.20. The van der Waals surface area contributed by atoms with Crippen molar-refractivity contribution >= 4 is 23.7 Å². The highest BCUT2D eigenvalue weighted by atomic mass is 19.4. The molecule has 15 heteroatoms. The number of alkyl halides is 3. The maximum Gasteiger partial charge on any atom is 0.490 e. The minimum Gasteiger partial charge on any atom is -0.475 e. The normalized spacial score (nSPS) is 16.3. The Balaban J connectivity index is 0.000000745. The van der Waals surface area contributed by atoms with Crippen LogP contribution in [0.5, 0.6) is 0 Å². The number of carbonyl (C=O) groups is 4.